The molecule has 1 aliphatic rings. The molecule has 0 aromatic heterocycles. The maximum Gasteiger partial charge on any atom is 0.0126 e. The number of hydrogen-bond acceptors (Lipinski definition) is 0. The van der Waals surface area contributed by atoms with E-state index in [2.05, 4.69) is 26.7 Å². The molecule has 0 aromatic rings. The summed E-state index contributed by atoms with van der Waals surface area (Å²) in [6.45, 7) is 0. The Morgan fingerprint density at radius 2 is 1.90 bits per heavy atom. The second-order valence-corrected chi connectivity index (χ2v) is 3.38. The number of hydrogen-bond donors (Lipinski definition) is 0. The second-order valence-electron chi connectivity index (χ2n) is 2.98. The van der Waals surface area contributed by atoms with E-state index in [1.807, 2.05) is 0 Å². The van der Waals surface area contributed by atoms with Gasteiger partial charge in [0.2, 0.25) is 0 Å². The minimum atomic E-state index is 0.902. The van der Waals surface area contributed by atoms with Crippen molar-refractivity contribution in [3.05, 3.63) is 0 Å². The first-order valence-corrected chi connectivity index (χ1v) is 4.81. The third-order valence-electron chi connectivity index (χ3n) is 2.18. The molecule has 0 unspecified atom stereocenters. The van der Waals surface area contributed by atoms with Crippen LogP contribution in [0.2, 0.25) is 0 Å². The Balaban J connectivity index is 2.17. The van der Waals surface area contributed by atoms with E-state index in [0.717, 1.165) is 12.3 Å². The molecule has 0 saturated heterocycles. The monoisotopic (exact) mass is 200 g/mol. The van der Waals surface area contributed by atoms with Crippen LogP contribution < -0.4 is 0 Å². The van der Waals surface area contributed by atoms with Crippen LogP contribution in [0.4, 0.5) is 0 Å². The van der Waals surface area contributed by atoms with Gasteiger partial charge in [0.15, 0.2) is 0 Å². The molecular formula is C9H13Br. The van der Waals surface area contributed by atoms with Crippen molar-refractivity contribution in [2.75, 3.05) is 0 Å². The Kier molecular flexibility index (Phi) is 3.90. The highest BCUT2D eigenvalue weighted by Gasteiger charge is 2.11. The fourth-order valence-electron chi connectivity index (χ4n) is 1.57. The Hall–Kier alpha value is 0.0400. The molecule has 1 rings (SSSR count). The third kappa shape index (κ3) is 2.75. The van der Waals surface area contributed by atoms with E-state index >= 15 is 0 Å². The Morgan fingerprint density at radius 1 is 1.20 bits per heavy atom. The number of halogens is 1. The van der Waals surface area contributed by atoms with Gasteiger partial charge in [0, 0.05) is 22.4 Å². The molecule has 10 heavy (non-hydrogen) atoms. The third-order valence-corrected chi connectivity index (χ3v) is 2.46. The first kappa shape index (κ1) is 8.14. The van der Waals surface area contributed by atoms with Gasteiger partial charge < -0.3 is 0 Å². The van der Waals surface area contributed by atoms with Gasteiger partial charge in [-0.1, -0.05) is 25.2 Å². The predicted molar refractivity (Wildman–Crippen MR) is 47.9 cm³/mol. The number of rotatable bonds is 1. The molecule has 0 radical (unpaired) electrons. The molecule has 1 saturated carbocycles. The van der Waals surface area contributed by atoms with Gasteiger partial charge in [-0.2, -0.15) is 0 Å². The lowest BCUT2D eigenvalue weighted by atomic mass is 9.87. The van der Waals surface area contributed by atoms with Crippen LogP contribution in [0.15, 0.2) is 0 Å². The van der Waals surface area contributed by atoms with E-state index in [-0.39, 0.29) is 0 Å². The van der Waals surface area contributed by atoms with Crippen LogP contribution in [0.1, 0.15) is 38.5 Å². The summed E-state index contributed by atoms with van der Waals surface area (Å²) >= 11 is 3.12. The summed E-state index contributed by atoms with van der Waals surface area (Å²) in [5.41, 5.74) is 0. The highest BCUT2D eigenvalue weighted by molar-refractivity contribution is 9.12. The topological polar surface area (TPSA) is 0 Å². The zero-order valence-electron chi connectivity index (χ0n) is 6.20. The highest BCUT2D eigenvalue weighted by Crippen LogP contribution is 2.25. The molecular weight excluding hydrogens is 188 g/mol. The van der Waals surface area contributed by atoms with Gasteiger partial charge in [0.1, 0.15) is 0 Å². The van der Waals surface area contributed by atoms with E-state index in [1.165, 1.54) is 32.1 Å². The Morgan fingerprint density at radius 3 is 2.50 bits per heavy atom. The van der Waals surface area contributed by atoms with Crippen molar-refractivity contribution in [3.8, 4) is 10.8 Å². The molecule has 0 nitrogen and oxygen atoms in total. The van der Waals surface area contributed by atoms with Crippen molar-refractivity contribution in [1.29, 1.82) is 0 Å². The second kappa shape index (κ2) is 4.79. The molecule has 0 spiro atoms. The van der Waals surface area contributed by atoms with Crippen LogP contribution in [0.25, 0.3) is 0 Å². The van der Waals surface area contributed by atoms with Crippen LogP contribution in [-0.4, -0.2) is 0 Å². The fourth-order valence-corrected chi connectivity index (χ4v) is 1.74. The summed E-state index contributed by atoms with van der Waals surface area (Å²) in [5.74, 6) is 3.99. The average molecular weight is 201 g/mol. The largest absolute Gasteiger partial charge is 0.0905 e. The maximum atomic E-state index is 3.12. The van der Waals surface area contributed by atoms with Crippen molar-refractivity contribution >= 4 is 15.9 Å². The lowest BCUT2D eigenvalue weighted by Gasteiger charge is -2.18. The zero-order chi connectivity index (χ0) is 7.23. The Bertz CT molecular complexity index is 135. The molecule has 0 bridgehead atoms. The van der Waals surface area contributed by atoms with E-state index in [9.17, 15) is 0 Å². The predicted octanol–water partition coefficient (Wildman–Crippen LogP) is 3.31. The van der Waals surface area contributed by atoms with Crippen LogP contribution in [0.3, 0.4) is 0 Å². The first-order chi connectivity index (χ1) is 4.93. The molecule has 0 amide bonds. The SMILES string of the molecule is BrC#CCC1CCCCC1. The molecule has 0 N–H and O–H groups in total. The molecule has 1 fully saturated rings. The minimum absolute atomic E-state index is 0.902. The molecule has 0 heterocycles. The van der Waals surface area contributed by atoms with Crippen LogP contribution in [0, 0.1) is 16.7 Å². The standard InChI is InChI=1S/C9H13Br/c10-8-4-7-9-5-2-1-3-6-9/h9H,1-3,5-7H2. The molecule has 56 valence electrons. The van der Waals surface area contributed by atoms with Gasteiger partial charge in [-0.05, 0) is 23.6 Å². The van der Waals surface area contributed by atoms with Gasteiger partial charge in [0.05, 0.1) is 0 Å². The van der Waals surface area contributed by atoms with Crippen molar-refractivity contribution in [3.63, 3.8) is 0 Å². The lowest BCUT2D eigenvalue weighted by molar-refractivity contribution is 0.365. The van der Waals surface area contributed by atoms with Gasteiger partial charge in [-0.25, -0.2) is 0 Å². The van der Waals surface area contributed by atoms with Crippen LogP contribution >= 0.6 is 15.9 Å². The van der Waals surface area contributed by atoms with Crippen LogP contribution in [-0.2, 0) is 0 Å². The quantitative estimate of drug-likeness (QED) is 0.571. The Labute approximate surface area is 71.5 Å². The van der Waals surface area contributed by atoms with E-state index < -0.39 is 0 Å². The van der Waals surface area contributed by atoms with Crippen molar-refractivity contribution in [2.24, 2.45) is 5.92 Å². The van der Waals surface area contributed by atoms with Crippen molar-refractivity contribution < 1.29 is 0 Å². The van der Waals surface area contributed by atoms with Gasteiger partial charge in [-0.3, -0.25) is 0 Å². The summed E-state index contributed by atoms with van der Waals surface area (Å²) in [4.78, 5) is 2.78. The normalized spacial score (nSPS) is 19.7. The van der Waals surface area contributed by atoms with Crippen molar-refractivity contribution in [1.82, 2.24) is 0 Å². The summed E-state index contributed by atoms with van der Waals surface area (Å²) < 4.78 is 0. The van der Waals surface area contributed by atoms with E-state index in [4.69, 9.17) is 0 Å². The fraction of sp³-hybridized carbons (Fsp3) is 0.778. The molecule has 0 atom stereocenters. The molecule has 1 aliphatic carbocycles. The van der Waals surface area contributed by atoms with Gasteiger partial charge in [-0.15, -0.1) is 0 Å². The molecule has 0 aliphatic heterocycles. The highest BCUT2D eigenvalue weighted by atomic mass is 79.9. The molecule has 0 aromatic carbocycles. The van der Waals surface area contributed by atoms with E-state index in [1.54, 1.807) is 0 Å². The molecule has 1 heteroatoms. The first-order valence-electron chi connectivity index (χ1n) is 4.02. The average Bonchev–Trinajstić information content (AvgIpc) is 2.03. The maximum absolute atomic E-state index is 3.12. The zero-order valence-corrected chi connectivity index (χ0v) is 7.78. The van der Waals surface area contributed by atoms with Crippen LogP contribution in [0.5, 0.6) is 0 Å². The summed E-state index contributed by atoms with van der Waals surface area (Å²) in [7, 11) is 0. The smallest absolute Gasteiger partial charge is 0.0126 e. The minimum Gasteiger partial charge on any atom is -0.0905 e. The van der Waals surface area contributed by atoms with Gasteiger partial charge >= 0.3 is 0 Å². The van der Waals surface area contributed by atoms with Crippen molar-refractivity contribution in [2.45, 2.75) is 38.5 Å². The summed E-state index contributed by atoms with van der Waals surface area (Å²) in [6, 6.07) is 0. The lowest BCUT2D eigenvalue weighted by Crippen LogP contribution is -2.04. The summed E-state index contributed by atoms with van der Waals surface area (Å²) in [5, 5.41) is 0. The van der Waals surface area contributed by atoms with E-state index in [0.29, 0.717) is 0 Å². The van der Waals surface area contributed by atoms with Gasteiger partial charge in [0.25, 0.3) is 0 Å². The summed E-state index contributed by atoms with van der Waals surface area (Å²) in [6.07, 6.45) is 8.20.